The Bertz CT molecular complexity index is 359. The van der Waals surface area contributed by atoms with Crippen molar-refractivity contribution in [2.75, 3.05) is 5.32 Å². The van der Waals surface area contributed by atoms with Crippen molar-refractivity contribution in [1.29, 1.82) is 0 Å². The number of hydrogen-bond donors (Lipinski definition) is 1. The fourth-order valence-electron chi connectivity index (χ4n) is 0.684. The van der Waals surface area contributed by atoms with Crippen LogP contribution in [0.1, 0.15) is 6.42 Å². The highest BCUT2D eigenvalue weighted by Crippen LogP contribution is 2.05. The zero-order valence-corrected chi connectivity index (χ0v) is 7.38. The van der Waals surface area contributed by atoms with Gasteiger partial charge in [0.2, 0.25) is 11.2 Å². The molecule has 5 heteroatoms. The average Bonchev–Trinajstić information content (AvgIpc) is 2.04. The molecule has 1 N–H and O–H groups in total. The number of carbonyl (C=O) groups is 1. The molecular weight excluding hydrogens is 190 g/mol. The van der Waals surface area contributed by atoms with Gasteiger partial charge in [-0.3, -0.25) is 4.79 Å². The molecule has 0 aliphatic heterocycles. The maximum absolute atomic E-state index is 11.0. The molecule has 1 amide bonds. The summed E-state index contributed by atoms with van der Waals surface area (Å²) < 4.78 is 0. The minimum atomic E-state index is -0.294. The van der Waals surface area contributed by atoms with Gasteiger partial charge in [-0.25, -0.2) is 9.97 Å². The zero-order chi connectivity index (χ0) is 9.68. The fourth-order valence-corrected chi connectivity index (χ4v) is 0.832. The van der Waals surface area contributed by atoms with E-state index in [1.165, 1.54) is 12.3 Å². The Hall–Kier alpha value is -1.60. The maximum atomic E-state index is 11.0. The first-order valence-electron chi connectivity index (χ1n) is 3.44. The minimum Gasteiger partial charge on any atom is -0.310 e. The third-order valence-corrected chi connectivity index (χ3v) is 1.34. The number of nitrogens with zero attached hydrogens (tertiary/aromatic N) is 2. The lowest BCUT2D eigenvalue weighted by Crippen LogP contribution is -2.11. The van der Waals surface area contributed by atoms with E-state index < -0.39 is 0 Å². The highest BCUT2D eigenvalue weighted by Gasteiger charge is 2.01. The van der Waals surface area contributed by atoms with Crippen LogP contribution in [0, 0.1) is 12.3 Å². The van der Waals surface area contributed by atoms with Crippen LogP contribution >= 0.6 is 11.6 Å². The van der Waals surface area contributed by atoms with Gasteiger partial charge in [-0.2, -0.15) is 0 Å². The predicted molar refractivity (Wildman–Crippen MR) is 49.1 cm³/mol. The van der Waals surface area contributed by atoms with Gasteiger partial charge >= 0.3 is 0 Å². The predicted octanol–water partition coefficient (Wildman–Crippen LogP) is 1.09. The van der Waals surface area contributed by atoms with E-state index in [9.17, 15) is 4.79 Å². The maximum Gasteiger partial charge on any atom is 0.237 e. The van der Waals surface area contributed by atoms with E-state index in [0.717, 1.165) is 0 Å². The smallest absolute Gasteiger partial charge is 0.237 e. The van der Waals surface area contributed by atoms with Crippen molar-refractivity contribution in [3.63, 3.8) is 0 Å². The lowest BCUT2D eigenvalue weighted by atomic mass is 10.4. The summed E-state index contributed by atoms with van der Waals surface area (Å²) >= 11 is 5.49. The number of halogens is 1. The molecule has 0 atom stereocenters. The van der Waals surface area contributed by atoms with E-state index in [1.807, 2.05) is 0 Å². The van der Waals surface area contributed by atoms with Crippen molar-refractivity contribution in [3.05, 3.63) is 17.5 Å². The molecule has 0 aliphatic carbocycles. The molecule has 1 aromatic rings. The van der Waals surface area contributed by atoms with Crippen molar-refractivity contribution >= 4 is 23.3 Å². The molecule has 13 heavy (non-hydrogen) atoms. The van der Waals surface area contributed by atoms with Gasteiger partial charge in [0, 0.05) is 6.20 Å². The topological polar surface area (TPSA) is 54.9 Å². The average molecular weight is 196 g/mol. The summed E-state index contributed by atoms with van der Waals surface area (Å²) in [5, 5.41) is 2.55. The number of carbonyl (C=O) groups excluding carboxylic acids is 1. The molecule has 0 fully saturated rings. The van der Waals surface area contributed by atoms with E-state index >= 15 is 0 Å². The molecule has 0 aliphatic rings. The van der Waals surface area contributed by atoms with Gasteiger partial charge in [-0.05, 0) is 17.7 Å². The van der Waals surface area contributed by atoms with Crippen LogP contribution in [0.4, 0.5) is 5.82 Å². The fraction of sp³-hybridized carbons (Fsp3) is 0.125. The monoisotopic (exact) mass is 195 g/mol. The highest BCUT2D eigenvalue weighted by atomic mass is 35.5. The molecule has 1 rings (SSSR count). The van der Waals surface area contributed by atoms with Gasteiger partial charge < -0.3 is 5.32 Å². The van der Waals surface area contributed by atoms with Crippen LogP contribution in [0.2, 0.25) is 5.28 Å². The summed E-state index contributed by atoms with van der Waals surface area (Å²) in [5.74, 6) is 2.27. The summed E-state index contributed by atoms with van der Waals surface area (Å²) in [5.41, 5.74) is 0. The van der Waals surface area contributed by atoms with Crippen LogP contribution in [0.25, 0.3) is 0 Å². The van der Waals surface area contributed by atoms with E-state index in [1.54, 1.807) is 0 Å². The van der Waals surface area contributed by atoms with Gasteiger partial charge in [0.05, 0.1) is 6.42 Å². The van der Waals surface area contributed by atoms with Crippen molar-refractivity contribution in [2.45, 2.75) is 6.42 Å². The van der Waals surface area contributed by atoms with Crippen LogP contribution in [0.3, 0.4) is 0 Å². The Balaban J connectivity index is 2.65. The molecule has 0 saturated carbocycles. The van der Waals surface area contributed by atoms with Crippen LogP contribution in [-0.2, 0) is 4.79 Å². The van der Waals surface area contributed by atoms with E-state index in [0.29, 0.717) is 5.82 Å². The van der Waals surface area contributed by atoms with Crippen molar-refractivity contribution < 1.29 is 4.79 Å². The quantitative estimate of drug-likeness (QED) is 0.568. The van der Waals surface area contributed by atoms with Crippen LogP contribution in [0.5, 0.6) is 0 Å². The summed E-state index contributed by atoms with van der Waals surface area (Å²) in [6.45, 7) is 0. The van der Waals surface area contributed by atoms with E-state index in [2.05, 4.69) is 21.2 Å². The third kappa shape index (κ3) is 3.09. The largest absolute Gasteiger partial charge is 0.310 e. The van der Waals surface area contributed by atoms with E-state index in [4.69, 9.17) is 18.0 Å². The van der Waals surface area contributed by atoms with Crippen molar-refractivity contribution in [1.82, 2.24) is 9.97 Å². The molecular formula is C8H6ClN3O. The Morgan fingerprint density at radius 1 is 1.77 bits per heavy atom. The Morgan fingerprint density at radius 3 is 3.15 bits per heavy atom. The molecule has 0 saturated heterocycles. The molecule has 0 bridgehead atoms. The van der Waals surface area contributed by atoms with E-state index in [-0.39, 0.29) is 17.6 Å². The van der Waals surface area contributed by atoms with Crippen molar-refractivity contribution in [3.8, 4) is 12.3 Å². The number of amides is 1. The molecule has 0 radical (unpaired) electrons. The summed E-state index contributed by atoms with van der Waals surface area (Å²) in [6.07, 6.45) is 6.40. The standard InChI is InChI=1S/C8H6ClN3O/c1-2-3-7(13)11-6-4-5-10-8(9)12-6/h1,4-5H,3H2,(H,10,11,12,13). The van der Waals surface area contributed by atoms with Crippen LogP contribution in [-0.4, -0.2) is 15.9 Å². The van der Waals surface area contributed by atoms with Gasteiger partial charge in [0.25, 0.3) is 0 Å². The molecule has 4 nitrogen and oxygen atoms in total. The van der Waals surface area contributed by atoms with Crippen molar-refractivity contribution in [2.24, 2.45) is 0 Å². The highest BCUT2D eigenvalue weighted by molar-refractivity contribution is 6.28. The number of aromatic nitrogens is 2. The molecule has 0 spiro atoms. The molecule has 0 unspecified atom stereocenters. The van der Waals surface area contributed by atoms with Gasteiger partial charge in [0.15, 0.2) is 0 Å². The van der Waals surface area contributed by atoms with Gasteiger partial charge in [0.1, 0.15) is 5.82 Å². The van der Waals surface area contributed by atoms with Gasteiger partial charge in [-0.1, -0.05) is 5.92 Å². The second kappa shape index (κ2) is 4.43. The Kier molecular flexibility index (Phi) is 3.23. The summed E-state index contributed by atoms with van der Waals surface area (Å²) in [4.78, 5) is 18.4. The number of rotatable bonds is 2. The summed E-state index contributed by atoms with van der Waals surface area (Å²) in [7, 11) is 0. The normalized spacial score (nSPS) is 8.92. The molecule has 66 valence electrons. The van der Waals surface area contributed by atoms with Crippen LogP contribution in [0.15, 0.2) is 12.3 Å². The minimum absolute atomic E-state index is 0.0155. The molecule has 0 aromatic carbocycles. The lowest BCUT2D eigenvalue weighted by Gasteiger charge is -2.00. The Morgan fingerprint density at radius 2 is 2.54 bits per heavy atom. The lowest BCUT2D eigenvalue weighted by molar-refractivity contribution is -0.115. The third-order valence-electron chi connectivity index (χ3n) is 1.16. The second-order valence-electron chi connectivity index (χ2n) is 2.14. The Labute approximate surface area is 80.3 Å². The van der Waals surface area contributed by atoms with Crippen LogP contribution < -0.4 is 5.32 Å². The first kappa shape index (κ1) is 9.49. The first-order chi connectivity index (χ1) is 6.22. The summed E-state index contributed by atoms with van der Waals surface area (Å²) in [6, 6.07) is 1.53. The second-order valence-corrected chi connectivity index (χ2v) is 2.48. The van der Waals surface area contributed by atoms with Gasteiger partial charge in [-0.15, -0.1) is 6.42 Å². The number of nitrogens with one attached hydrogen (secondary N) is 1. The first-order valence-corrected chi connectivity index (χ1v) is 3.82. The molecule has 1 aromatic heterocycles. The number of hydrogen-bond acceptors (Lipinski definition) is 3. The SMILES string of the molecule is C#CCC(=O)Nc1ccnc(Cl)n1. The zero-order valence-electron chi connectivity index (χ0n) is 6.62. The number of anilines is 1. The molecule has 1 heterocycles. The number of terminal acetylenes is 1.